The SMILES string of the molecule is Cc1ccc(S(=O)(=O)N(CC(=O)N(Cc2ccc(Br)cc2)[C@@H](C)C(=O)NC2CCCC2)c2ccccc2C)cc1. The topological polar surface area (TPSA) is 86.8 Å². The van der Waals surface area contributed by atoms with Gasteiger partial charge in [0.15, 0.2) is 0 Å². The predicted molar refractivity (Wildman–Crippen MR) is 161 cm³/mol. The summed E-state index contributed by atoms with van der Waals surface area (Å²) in [6, 6.07) is 20.5. The Labute approximate surface area is 245 Å². The molecule has 1 atom stereocenters. The van der Waals surface area contributed by atoms with E-state index in [1.807, 2.05) is 50.2 Å². The number of halogens is 1. The first-order chi connectivity index (χ1) is 19.1. The molecular weight excluding hydrogens is 590 g/mol. The molecule has 3 aromatic carbocycles. The summed E-state index contributed by atoms with van der Waals surface area (Å²) in [5.41, 5.74) is 2.90. The van der Waals surface area contributed by atoms with E-state index in [9.17, 15) is 18.0 Å². The minimum Gasteiger partial charge on any atom is -0.352 e. The van der Waals surface area contributed by atoms with Gasteiger partial charge in [-0.25, -0.2) is 8.42 Å². The maximum Gasteiger partial charge on any atom is 0.264 e. The van der Waals surface area contributed by atoms with Crippen LogP contribution in [0.3, 0.4) is 0 Å². The second kappa shape index (κ2) is 13.0. The molecule has 3 aromatic rings. The highest BCUT2D eigenvalue weighted by Gasteiger charge is 2.33. The van der Waals surface area contributed by atoms with E-state index in [2.05, 4.69) is 21.2 Å². The lowest BCUT2D eigenvalue weighted by Gasteiger charge is -2.33. The first kappa shape index (κ1) is 29.8. The number of carbonyl (C=O) groups excluding carboxylic acids is 2. The molecule has 0 aromatic heterocycles. The van der Waals surface area contributed by atoms with Gasteiger partial charge >= 0.3 is 0 Å². The maximum absolute atomic E-state index is 14.1. The van der Waals surface area contributed by atoms with Gasteiger partial charge in [-0.1, -0.05) is 76.8 Å². The van der Waals surface area contributed by atoms with E-state index in [1.54, 1.807) is 43.3 Å². The molecule has 7 nitrogen and oxygen atoms in total. The van der Waals surface area contributed by atoms with Crippen molar-refractivity contribution in [3.63, 3.8) is 0 Å². The van der Waals surface area contributed by atoms with Crippen LogP contribution in [0, 0.1) is 13.8 Å². The lowest BCUT2D eigenvalue weighted by atomic mass is 10.1. The molecule has 40 heavy (non-hydrogen) atoms. The van der Waals surface area contributed by atoms with Crippen molar-refractivity contribution >= 4 is 43.5 Å². The number of amides is 2. The minimum atomic E-state index is -4.09. The van der Waals surface area contributed by atoms with E-state index in [0.29, 0.717) is 5.69 Å². The lowest BCUT2D eigenvalue weighted by molar-refractivity contribution is -0.139. The van der Waals surface area contributed by atoms with E-state index >= 15 is 0 Å². The molecule has 212 valence electrons. The van der Waals surface area contributed by atoms with Crippen LogP contribution in [0.4, 0.5) is 5.69 Å². The summed E-state index contributed by atoms with van der Waals surface area (Å²) in [6.07, 6.45) is 4.00. The number of hydrogen-bond acceptors (Lipinski definition) is 4. The standard InChI is InChI=1S/C31H36BrN3O4S/c1-22-12-18-28(19-13-22)40(38,39)35(29-11-7-4-8-23(29)2)21-30(36)34(20-25-14-16-26(32)17-15-25)24(3)31(37)33-27-9-5-6-10-27/h4,7-8,11-19,24,27H,5-6,9-10,20-21H2,1-3H3,(H,33,37)/t24-/m0/s1. The highest BCUT2D eigenvalue weighted by molar-refractivity contribution is 9.10. The number of carbonyl (C=O) groups is 2. The van der Waals surface area contributed by atoms with Crippen LogP contribution in [0.25, 0.3) is 0 Å². The Hall–Kier alpha value is -3.17. The molecule has 0 heterocycles. The van der Waals surface area contributed by atoms with E-state index in [0.717, 1.165) is 51.2 Å². The van der Waals surface area contributed by atoms with Gasteiger partial charge in [-0.3, -0.25) is 13.9 Å². The second-order valence-corrected chi connectivity index (χ2v) is 13.2. The number of para-hydroxylation sites is 1. The smallest absolute Gasteiger partial charge is 0.264 e. The number of benzene rings is 3. The molecule has 0 radical (unpaired) electrons. The number of sulfonamides is 1. The first-order valence-corrected chi connectivity index (χ1v) is 15.8. The summed E-state index contributed by atoms with van der Waals surface area (Å²) in [4.78, 5) is 28.9. The van der Waals surface area contributed by atoms with Crippen LogP contribution in [-0.4, -0.2) is 43.8 Å². The second-order valence-electron chi connectivity index (χ2n) is 10.4. The number of nitrogens with one attached hydrogen (secondary N) is 1. The van der Waals surface area contributed by atoms with Gasteiger partial charge in [-0.05, 0) is 75.1 Å². The Morgan fingerprint density at radius 3 is 2.20 bits per heavy atom. The van der Waals surface area contributed by atoms with Crippen LogP contribution < -0.4 is 9.62 Å². The van der Waals surface area contributed by atoms with Crippen molar-refractivity contribution in [2.75, 3.05) is 10.8 Å². The largest absolute Gasteiger partial charge is 0.352 e. The molecule has 0 aliphatic heterocycles. The summed E-state index contributed by atoms with van der Waals surface area (Å²) in [6.45, 7) is 5.12. The average Bonchev–Trinajstić information content (AvgIpc) is 3.44. The van der Waals surface area contributed by atoms with Crippen LogP contribution in [-0.2, 0) is 26.2 Å². The highest BCUT2D eigenvalue weighted by atomic mass is 79.9. The summed E-state index contributed by atoms with van der Waals surface area (Å²) >= 11 is 3.44. The minimum absolute atomic E-state index is 0.0978. The third-order valence-electron chi connectivity index (χ3n) is 7.41. The molecular formula is C31H36BrN3O4S. The molecule has 1 N–H and O–H groups in total. The summed E-state index contributed by atoms with van der Waals surface area (Å²) in [5, 5.41) is 3.09. The fourth-order valence-corrected chi connectivity index (χ4v) is 6.70. The summed E-state index contributed by atoms with van der Waals surface area (Å²) in [7, 11) is -4.09. The van der Waals surface area contributed by atoms with Gasteiger partial charge in [0.1, 0.15) is 12.6 Å². The molecule has 0 bridgehead atoms. The van der Waals surface area contributed by atoms with Crippen molar-refractivity contribution in [3.8, 4) is 0 Å². The van der Waals surface area contributed by atoms with Crippen molar-refractivity contribution in [2.45, 2.75) is 70.0 Å². The van der Waals surface area contributed by atoms with E-state index < -0.39 is 28.5 Å². The molecule has 0 spiro atoms. The molecule has 9 heteroatoms. The van der Waals surface area contributed by atoms with Gasteiger partial charge in [-0.2, -0.15) is 0 Å². The Bertz CT molecular complexity index is 1440. The number of anilines is 1. The van der Waals surface area contributed by atoms with Gasteiger partial charge < -0.3 is 10.2 Å². The van der Waals surface area contributed by atoms with Crippen LogP contribution in [0.15, 0.2) is 82.2 Å². The Balaban J connectivity index is 1.69. The summed E-state index contributed by atoms with van der Waals surface area (Å²) in [5.74, 6) is -0.697. The first-order valence-electron chi connectivity index (χ1n) is 13.6. The maximum atomic E-state index is 14.1. The molecule has 1 fully saturated rings. The van der Waals surface area contributed by atoms with Gasteiger partial charge in [0.05, 0.1) is 10.6 Å². The zero-order valence-electron chi connectivity index (χ0n) is 23.1. The third-order valence-corrected chi connectivity index (χ3v) is 9.71. The molecule has 0 saturated heterocycles. The predicted octanol–water partition coefficient (Wildman–Crippen LogP) is 5.74. The summed E-state index contributed by atoms with van der Waals surface area (Å²) < 4.78 is 30.0. The van der Waals surface area contributed by atoms with Crippen molar-refractivity contribution in [3.05, 3.63) is 94.0 Å². The average molecular weight is 627 g/mol. The van der Waals surface area contributed by atoms with E-state index in [-0.39, 0.29) is 23.4 Å². The van der Waals surface area contributed by atoms with E-state index in [1.165, 1.54) is 4.90 Å². The van der Waals surface area contributed by atoms with Crippen LogP contribution in [0.2, 0.25) is 0 Å². The molecule has 1 saturated carbocycles. The number of hydrogen-bond donors (Lipinski definition) is 1. The van der Waals surface area contributed by atoms with Gasteiger partial charge in [0, 0.05) is 17.1 Å². The van der Waals surface area contributed by atoms with Gasteiger partial charge in [0.2, 0.25) is 11.8 Å². The number of nitrogens with zero attached hydrogens (tertiary/aromatic N) is 2. The van der Waals surface area contributed by atoms with Crippen molar-refractivity contribution < 1.29 is 18.0 Å². The Kier molecular flexibility index (Phi) is 9.68. The lowest BCUT2D eigenvalue weighted by Crippen LogP contribution is -2.52. The quantitative estimate of drug-likeness (QED) is 0.311. The molecule has 4 rings (SSSR count). The van der Waals surface area contributed by atoms with Crippen LogP contribution in [0.1, 0.15) is 49.3 Å². The normalized spacial score (nSPS) is 14.5. The number of rotatable bonds is 10. The zero-order chi connectivity index (χ0) is 28.9. The van der Waals surface area contributed by atoms with Crippen molar-refractivity contribution in [1.82, 2.24) is 10.2 Å². The zero-order valence-corrected chi connectivity index (χ0v) is 25.5. The molecule has 1 aliphatic carbocycles. The molecule has 1 aliphatic rings. The Morgan fingerprint density at radius 1 is 0.950 bits per heavy atom. The van der Waals surface area contributed by atoms with Gasteiger partial charge in [0.25, 0.3) is 10.0 Å². The van der Waals surface area contributed by atoms with Crippen molar-refractivity contribution in [1.29, 1.82) is 0 Å². The molecule has 0 unspecified atom stereocenters. The Morgan fingerprint density at radius 2 is 1.57 bits per heavy atom. The fraction of sp³-hybridized carbons (Fsp3) is 0.355. The van der Waals surface area contributed by atoms with Crippen LogP contribution in [0.5, 0.6) is 0 Å². The highest BCUT2D eigenvalue weighted by Crippen LogP contribution is 2.28. The monoisotopic (exact) mass is 625 g/mol. The van der Waals surface area contributed by atoms with Gasteiger partial charge in [-0.15, -0.1) is 0 Å². The fourth-order valence-electron chi connectivity index (χ4n) is 4.96. The number of aryl methyl sites for hydroxylation is 2. The van der Waals surface area contributed by atoms with E-state index in [4.69, 9.17) is 0 Å². The third kappa shape index (κ3) is 7.12. The van der Waals surface area contributed by atoms with Crippen LogP contribution >= 0.6 is 15.9 Å². The molecule has 2 amide bonds. The van der Waals surface area contributed by atoms with Crippen molar-refractivity contribution in [2.24, 2.45) is 0 Å².